The molecule has 0 aromatic heterocycles. The van der Waals surface area contributed by atoms with Crippen molar-refractivity contribution in [2.24, 2.45) is 0 Å². The van der Waals surface area contributed by atoms with Gasteiger partial charge in [0.2, 0.25) is 0 Å². The summed E-state index contributed by atoms with van der Waals surface area (Å²) in [5.41, 5.74) is -0.390. The quantitative estimate of drug-likeness (QED) is 0.864. The van der Waals surface area contributed by atoms with E-state index in [1.807, 2.05) is 0 Å². The lowest BCUT2D eigenvalue weighted by Gasteiger charge is -2.36. The molecule has 0 unspecified atom stereocenters. The Bertz CT molecular complexity index is 464. The molecule has 0 radical (unpaired) electrons. The molecule has 0 aliphatic carbocycles. The predicted octanol–water partition coefficient (Wildman–Crippen LogP) is 2.76. The summed E-state index contributed by atoms with van der Waals surface area (Å²) in [6, 6.07) is 1.49. The van der Waals surface area contributed by atoms with E-state index in [-0.39, 0.29) is 31.2 Å². The molecule has 0 amide bonds. The second-order valence-corrected chi connectivity index (χ2v) is 4.62. The number of hydrogen-bond donors (Lipinski definition) is 1. The van der Waals surface area contributed by atoms with Gasteiger partial charge in [-0.3, -0.25) is 4.90 Å². The molecule has 1 aliphatic rings. The van der Waals surface area contributed by atoms with Crippen LogP contribution in [0.3, 0.4) is 0 Å². The highest BCUT2D eigenvalue weighted by Gasteiger charge is 2.46. The van der Waals surface area contributed by atoms with Crippen molar-refractivity contribution in [3.63, 3.8) is 0 Å². The van der Waals surface area contributed by atoms with E-state index in [1.54, 1.807) is 0 Å². The minimum Gasteiger partial charge on any atom is -0.497 e. The van der Waals surface area contributed by atoms with Crippen LogP contribution in [-0.2, 0) is 0 Å². The van der Waals surface area contributed by atoms with Crippen molar-refractivity contribution in [2.75, 3.05) is 33.3 Å². The number of hydrogen-bond acceptors (Lipinski definition) is 3. The monoisotopic (exact) mass is 328 g/mol. The van der Waals surface area contributed by atoms with Crippen molar-refractivity contribution in [1.29, 1.82) is 0 Å². The first-order valence-corrected chi connectivity index (χ1v) is 6.28. The summed E-state index contributed by atoms with van der Waals surface area (Å²) < 4.78 is 58.7. The van der Waals surface area contributed by atoms with Crippen LogP contribution in [0.4, 0.5) is 17.6 Å². The highest BCUT2D eigenvalue weighted by molar-refractivity contribution is 5.85. The largest absolute Gasteiger partial charge is 0.497 e. The predicted molar refractivity (Wildman–Crippen MR) is 73.4 cm³/mol. The molecule has 120 valence electrons. The van der Waals surface area contributed by atoms with Crippen LogP contribution in [0.5, 0.6) is 5.75 Å². The summed E-state index contributed by atoms with van der Waals surface area (Å²) in [6.07, 6.45) is -4.54. The van der Waals surface area contributed by atoms with Gasteiger partial charge in [0, 0.05) is 31.7 Å². The fourth-order valence-electron chi connectivity index (χ4n) is 2.38. The molecule has 8 heteroatoms. The standard InChI is InChI=1S/C13H16F4N2O.ClH/c1-20-9-2-3-11(14)10(8-9)12(13(15,16)17)19-6-4-18-5-7-19;/h2-3,8,12,18H,4-7H2,1H3;1H/t12-;/m1./s1. The molecule has 1 aromatic rings. The number of nitrogens with zero attached hydrogens (tertiary/aromatic N) is 1. The minimum absolute atomic E-state index is 0. The number of halogens is 5. The van der Waals surface area contributed by atoms with Gasteiger partial charge in [-0.2, -0.15) is 13.2 Å². The molecule has 1 aromatic carbocycles. The van der Waals surface area contributed by atoms with Gasteiger partial charge < -0.3 is 10.1 Å². The van der Waals surface area contributed by atoms with Gasteiger partial charge in [0.05, 0.1) is 7.11 Å². The van der Waals surface area contributed by atoms with Crippen molar-refractivity contribution >= 4 is 12.4 Å². The lowest BCUT2D eigenvalue weighted by Crippen LogP contribution is -2.49. The van der Waals surface area contributed by atoms with Crippen LogP contribution in [0, 0.1) is 5.82 Å². The third-order valence-electron chi connectivity index (χ3n) is 3.32. The normalized spacial score (nSPS) is 18.0. The fraction of sp³-hybridized carbons (Fsp3) is 0.538. The molecule has 1 saturated heterocycles. The fourth-order valence-corrected chi connectivity index (χ4v) is 2.38. The molecule has 0 spiro atoms. The van der Waals surface area contributed by atoms with E-state index in [1.165, 1.54) is 18.1 Å². The Hall–Kier alpha value is -1.05. The van der Waals surface area contributed by atoms with E-state index >= 15 is 0 Å². The van der Waals surface area contributed by atoms with Crippen LogP contribution in [0.25, 0.3) is 0 Å². The van der Waals surface area contributed by atoms with E-state index < -0.39 is 23.6 Å². The van der Waals surface area contributed by atoms with E-state index in [4.69, 9.17) is 4.74 Å². The summed E-state index contributed by atoms with van der Waals surface area (Å²) in [7, 11) is 1.34. The van der Waals surface area contributed by atoms with E-state index in [0.29, 0.717) is 13.1 Å². The molecule has 0 saturated carbocycles. The van der Waals surface area contributed by atoms with Crippen molar-refractivity contribution in [1.82, 2.24) is 10.2 Å². The van der Waals surface area contributed by atoms with Gasteiger partial charge in [-0.1, -0.05) is 0 Å². The lowest BCUT2D eigenvalue weighted by molar-refractivity contribution is -0.188. The van der Waals surface area contributed by atoms with Gasteiger partial charge in [0.15, 0.2) is 0 Å². The Balaban J connectivity index is 0.00000220. The zero-order chi connectivity index (χ0) is 14.8. The van der Waals surface area contributed by atoms with Gasteiger partial charge in [-0.15, -0.1) is 12.4 Å². The zero-order valence-electron chi connectivity index (χ0n) is 11.4. The molecule has 0 bridgehead atoms. The third kappa shape index (κ3) is 4.21. The highest BCUT2D eigenvalue weighted by Crippen LogP contribution is 2.39. The number of piperazine rings is 1. The number of alkyl halides is 3. The molecule has 2 rings (SSSR count). The number of methoxy groups -OCH3 is 1. The summed E-state index contributed by atoms with van der Waals surface area (Å²) in [5, 5.41) is 2.98. The van der Waals surface area contributed by atoms with Crippen LogP contribution in [0.2, 0.25) is 0 Å². The van der Waals surface area contributed by atoms with Crippen LogP contribution in [-0.4, -0.2) is 44.4 Å². The van der Waals surface area contributed by atoms with Gasteiger partial charge in [-0.05, 0) is 18.2 Å². The zero-order valence-corrected chi connectivity index (χ0v) is 12.2. The van der Waals surface area contributed by atoms with Crippen molar-refractivity contribution in [3.05, 3.63) is 29.6 Å². The molecule has 1 atom stereocenters. The van der Waals surface area contributed by atoms with Crippen molar-refractivity contribution in [3.8, 4) is 5.75 Å². The van der Waals surface area contributed by atoms with Crippen molar-refractivity contribution < 1.29 is 22.3 Å². The first kappa shape index (κ1) is 18.0. The van der Waals surface area contributed by atoms with E-state index in [2.05, 4.69) is 5.32 Å². The second-order valence-electron chi connectivity index (χ2n) is 4.62. The summed E-state index contributed by atoms with van der Waals surface area (Å²) in [6.45, 7) is 1.36. The maximum Gasteiger partial charge on any atom is 0.408 e. The third-order valence-corrected chi connectivity index (χ3v) is 3.32. The molecule has 1 heterocycles. The molecular formula is C13H17ClF4N2O. The average Bonchev–Trinajstić information content (AvgIpc) is 2.41. The van der Waals surface area contributed by atoms with E-state index in [0.717, 1.165) is 12.1 Å². The maximum atomic E-state index is 13.8. The van der Waals surface area contributed by atoms with Crippen LogP contribution < -0.4 is 10.1 Å². The topological polar surface area (TPSA) is 24.5 Å². The maximum absolute atomic E-state index is 13.8. The van der Waals surface area contributed by atoms with Crippen LogP contribution in [0.1, 0.15) is 11.6 Å². The molecule has 1 aliphatic heterocycles. The van der Waals surface area contributed by atoms with E-state index in [9.17, 15) is 17.6 Å². The van der Waals surface area contributed by atoms with Gasteiger partial charge >= 0.3 is 6.18 Å². The Morgan fingerprint density at radius 2 is 1.86 bits per heavy atom. The first-order chi connectivity index (χ1) is 9.43. The Labute approximate surface area is 126 Å². The number of rotatable bonds is 3. The summed E-state index contributed by atoms with van der Waals surface area (Å²) >= 11 is 0. The van der Waals surface area contributed by atoms with Crippen LogP contribution >= 0.6 is 12.4 Å². The first-order valence-electron chi connectivity index (χ1n) is 6.28. The van der Waals surface area contributed by atoms with Gasteiger partial charge in [0.25, 0.3) is 0 Å². The van der Waals surface area contributed by atoms with Crippen LogP contribution in [0.15, 0.2) is 18.2 Å². The Morgan fingerprint density at radius 3 is 2.38 bits per heavy atom. The van der Waals surface area contributed by atoms with Gasteiger partial charge in [0.1, 0.15) is 17.6 Å². The summed E-state index contributed by atoms with van der Waals surface area (Å²) in [5.74, 6) is -0.655. The molecule has 3 nitrogen and oxygen atoms in total. The number of nitrogens with one attached hydrogen (secondary N) is 1. The SMILES string of the molecule is COc1ccc(F)c([C@@H](N2CCNCC2)C(F)(F)F)c1.Cl. The molecule has 1 N–H and O–H groups in total. The second kappa shape index (κ2) is 7.29. The lowest BCUT2D eigenvalue weighted by atomic mass is 10.0. The highest BCUT2D eigenvalue weighted by atomic mass is 35.5. The van der Waals surface area contributed by atoms with Crippen molar-refractivity contribution in [2.45, 2.75) is 12.2 Å². The molecule has 21 heavy (non-hydrogen) atoms. The Kier molecular flexibility index (Phi) is 6.24. The molecule has 1 fully saturated rings. The molecular weight excluding hydrogens is 312 g/mol. The van der Waals surface area contributed by atoms with Gasteiger partial charge in [-0.25, -0.2) is 4.39 Å². The number of ether oxygens (including phenoxy) is 1. The summed E-state index contributed by atoms with van der Waals surface area (Å²) in [4.78, 5) is 1.24. The number of benzene rings is 1. The minimum atomic E-state index is -4.54. The Morgan fingerprint density at radius 1 is 1.24 bits per heavy atom. The average molecular weight is 329 g/mol. The smallest absolute Gasteiger partial charge is 0.408 e.